The molecule has 1 fully saturated rings. The van der Waals surface area contributed by atoms with Crippen LogP contribution in [0.5, 0.6) is 0 Å². The maximum Gasteiger partial charge on any atom is 0.307 e. The highest BCUT2D eigenvalue weighted by molar-refractivity contribution is 5.70. The van der Waals surface area contributed by atoms with Crippen LogP contribution in [0.3, 0.4) is 0 Å². The number of benzene rings is 1. The second kappa shape index (κ2) is 8.83. The molecule has 1 aliphatic carbocycles. The number of carbonyl (C=O) groups excluding carboxylic acids is 1. The third-order valence-corrected chi connectivity index (χ3v) is 4.12. The van der Waals surface area contributed by atoms with Crippen LogP contribution >= 0.6 is 0 Å². The first-order valence-electron chi connectivity index (χ1n) is 8.23. The Morgan fingerprint density at radius 1 is 1.24 bits per heavy atom. The van der Waals surface area contributed by atoms with Crippen molar-refractivity contribution >= 4 is 5.97 Å². The highest BCUT2D eigenvalue weighted by atomic mass is 16.5. The minimum absolute atomic E-state index is 0.0956. The molecule has 1 N–H and O–H groups in total. The Kier molecular flexibility index (Phi) is 6.74. The van der Waals surface area contributed by atoms with Gasteiger partial charge in [-0.2, -0.15) is 0 Å². The van der Waals surface area contributed by atoms with Crippen molar-refractivity contribution in [1.29, 1.82) is 0 Å². The number of nitrogens with one attached hydrogen (secondary N) is 1. The molecule has 2 rings (SSSR count). The summed E-state index contributed by atoms with van der Waals surface area (Å²) >= 11 is 0. The molecule has 0 heterocycles. The van der Waals surface area contributed by atoms with Crippen LogP contribution in [0.15, 0.2) is 30.3 Å². The van der Waals surface area contributed by atoms with Gasteiger partial charge in [-0.1, -0.05) is 49.6 Å². The van der Waals surface area contributed by atoms with E-state index in [2.05, 4.69) is 29.6 Å². The number of esters is 1. The van der Waals surface area contributed by atoms with E-state index in [-0.39, 0.29) is 12.0 Å². The van der Waals surface area contributed by atoms with E-state index in [4.69, 9.17) is 4.74 Å². The molecule has 0 aromatic heterocycles. The minimum atomic E-state index is -0.0956. The van der Waals surface area contributed by atoms with Gasteiger partial charge in [0.2, 0.25) is 0 Å². The molecule has 21 heavy (non-hydrogen) atoms. The van der Waals surface area contributed by atoms with E-state index in [0.29, 0.717) is 19.1 Å². The standard InChI is InChI=1S/C18H27NO2/c1-2-21-18(20)14-17(13-15-9-5-3-6-10-15)19-16-11-7-4-8-12-16/h3,5-6,9-10,16-17,19H,2,4,7-8,11-14H2,1H3. The molecule has 0 amide bonds. The molecule has 1 aromatic rings. The number of hydrogen-bond acceptors (Lipinski definition) is 3. The van der Waals surface area contributed by atoms with Crippen molar-refractivity contribution in [3.63, 3.8) is 0 Å². The van der Waals surface area contributed by atoms with Crippen LogP contribution in [-0.2, 0) is 16.0 Å². The lowest BCUT2D eigenvalue weighted by atomic mass is 9.93. The summed E-state index contributed by atoms with van der Waals surface area (Å²) in [5.41, 5.74) is 1.27. The summed E-state index contributed by atoms with van der Waals surface area (Å²) in [6, 6.07) is 11.1. The Morgan fingerprint density at radius 3 is 2.62 bits per heavy atom. The largest absolute Gasteiger partial charge is 0.466 e. The summed E-state index contributed by atoms with van der Waals surface area (Å²) in [6.45, 7) is 2.32. The summed E-state index contributed by atoms with van der Waals surface area (Å²) in [5.74, 6) is -0.0956. The van der Waals surface area contributed by atoms with E-state index < -0.39 is 0 Å². The molecule has 1 atom stereocenters. The Balaban J connectivity index is 1.93. The SMILES string of the molecule is CCOC(=O)CC(Cc1ccccc1)NC1CCCCC1. The van der Waals surface area contributed by atoms with E-state index in [1.165, 1.54) is 37.7 Å². The van der Waals surface area contributed by atoms with E-state index in [0.717, 1.165) is 6.42 Å². The summed E-state index contributed by atoms with van der Waals surface area (Å²) in [4.78, 5) is 11.8. The molecular formula is C18H27NO2. The molecule has 0 radical (unpaired) electrons. The molecule has 1 saturated carbocycles. The Labute approximate surface area is 128 Å². The average molecular weight is 289 g/mol. The van der Waals surface area contributed by atoms with Gasteiger partial charge in [0.15, 0.2) is 0 Å². The zero-order valence-electron chi connectivity index (χ0n) is 13.0. The van der Waals surface area contributed by atoms with Gasteiger partial charge in [-0.05, 0) is 31.7 Å². The third kappa shape index (κ3) is 5.88. The van der Waals surface area contributed by atoms with E-state index in [1.54, 1.807) is 0 Å². The molecule has 1 aromatic carbocycles. The summed E-state index contributed by atoms with van der Waals surface area (Å²) in [5, 5.41) is 3.69. The highest BCUT2D eigenvalue weighted by Crippen LogP contribution is 2.19. The maximum absolute atomic E-state index is 11.8. The number of ether oxygens (including phenoxy) is 1. The van der Waals surface area contributed by atoms with Gasteiger partial charge in [0.25, 0.3) is 0 Å². The van der Waals surface area contributed by atoms with E-state index in [1.807, 2.05) is 13.0 Å². The second-order valence-electron chi connectivity index (χ2n) is 5.90. The zero-order chi connectivity index (χ0) is 14.9. The normalized spacial score (nSPS) is 17.4. The predicted molar refractivity (Wildman–Crippen MR) is 85.2 cm³/mol. The van der Waals surface area contributed by atoms with Crippen molar-refractivity contribution in [2.75, 3.05) is 6.61 Å². The van der Waals surface area contributed by atoms with Crippen LogP contribution in [-0.4, -0.2) is 24.7 Å². The molecule has 0 bridgehead atoms. The van der Waals surface area contributed by atoms with Gasteiger partial charge in [0.1, 0.15) is 0 Å². The second-order valence-corrected chi connectivity index (χ2v) is 5.90. The van der Waals surface area contributed by atoms with Gasteiger partial charge < -0.3 is 10.1 Å². The molecule has 3 nitrogen and oxygen atoms in total. The zero-order valence-corrected chi connectivity index (χ0v) is 13.0. The van der Waals surface area contributed by atoms with Crippen LogP contribution in [0.2, 0.25) is 0 Å². The fraction of sp³-hybridized carbons (Fsp3) is 0.611. The van der Waals surface area contributed by atoms with Gasteiger partial charge >= 0.3 is 5.97 Å². The molecule has 116 valence electrons. The minimum Gasteiger partial charge on any atom is -0.466 e. The maximum atomic E-state index is 11.8. The lowest BCUT2D eigenvalue weighted by Gasteiger charge is -2.28. The summed E-state index contributed by atoms with van der Waals surface area (Å²) < 4.78 is 5.12. The first-order valence-corrected chi connectivity index (χ1v) is 8.23. The number of hydrogen-bond donors (Lipinski definition) is 1. The van der Waals surface area contributed by atoms with Gasteiger partial charge in [-0.25, -0.2) is 0 Å². The van der Waals surface area contributed by atoms with E-state index >= 15 is 0 Å². The van der Waals surface area contributed by atoms with Crippen molar-refractivity contribution in [2.45, 2.75) is 64.0 Å². The van der Waals surface area contributed by atoms with Crippen molar-refractivity contribution in [3.8, 4) is 0 Å². The van der Waals surface area contributed by atoms with Crippen molar-refractivity contribution < 1.29 is 9.53 Å². The van der Waals surface area contributed by atoms with Crippen LogP contribution in [0.1, 0.15) is 51.0 Å². The predicted octanol–water partition coefficient (Wildman–Crippen LogP) is 3.47. The van der Waals surface area contributed by atoms with Crippen molar-refractivity contribution in [2.24, 2.45) is 0 Å². The number of carbonyl (C=O) groups is 1. The van der Waals surface area contributed by atoms with Crippen LogP contribution in [0.25, 0.3) is 0 Å². The Hall–Kier alpha value is -1.35. The topological polar surface area (TPSA) is 38.3 Å². The average Bonchev–Trinajstić information content (AvgIpc) is 2.49. The van der Waals surface area contributed by atoms with Crippen LogP contribution in [0, 0.1) is 0 Å². The highest BCUT2D eigenvalue weighted by Gasteiger charge is 2.21. The van der Waals surface area contributed by atoms with Crippen LogP contribution in [0.4, 0.5) is 0 Å². The first kappa shape index (κ1) is 16.0. The Morgan fingerprint density at radius 2 is 1.95 bits per heavy atom. The molecular weight excluding hydrogens is 262 g/mol. The van der Waals surface area contributed by atoms with Crippen molar-refractivity contribution in [1.82, 2.24) is 5.32 Å². The Bertz CT molecular complexity index is 412. The lowest BCUT2D eigenvalue weighted by Crippen LogP contribution is -2.42. The smallest absolute Gasteiger partial charge is 0.307 e. The quantitative estimate of drug-likeness (QED) is 0.781. The molecule has 0 aliphatic heterocycles. The fourth-order valence-corrected chi connectivity index (χ4v) is 3.11. The van der Waals surface area contributed by atoms with Crippen molar-refractivity contribution in [3.05, 3.63) is 35.9 Å². The van der Waals surface area contributed by atoms with Gasteiger partial charge in [0, 0.05) is 12.1 Å². The molecule has 0 spiro atoms. The fourth-order valence-electron chi connectivity index (χ4n) is 3.11. The first-order chi connectivity index (χ1) is 10.3. The molecule has 1 aliphatic rings. The van der Waals surface area contributed by atoms with Gasteiger partial charge in [-0.15, -0.1) is 0 Å². The van der Waals surface area contributed by atoms with E-state index in [9.17, 15) is 4.79 Å². The third-order valence-electron chi connectivity index (χ3n) is 4.12. The summed E-state index contributed by atoms with van der Waals surface area (Å²) in [6.07, 6.45) is 7.75. The van der Waals surface area contributed by atoms with Crippen LogP contribution < -0.4 is 5.32 Å². The summed E-state index contributed by atoms with van der Waals surface area (Å²) in [7, 11) is 0. The van der Waals surface area contributed by atoms with Gasteiger partial charge in [-0.3, -0.25) is 4.79 Å². The lowest BCUT2D eigenvalue weighted by molar-refractivity contribution is -0.143. The van der Waals surface area contributed by atoms with Gasteiger partial charge in [0.05, 0.1) is 13.0 Å². The molecule has 1 unspecified atom stereocenters. The number of rotatable bonds is 7. The monoisotopic (exact) mass is 289 g/mol. The molecule has 0 saturated heterocycles. The molecule has 3 heteroatoms.